The average Bonchev–Trinajstić information content (AvgIpc) is 2.67. The molecule has 1 N–H and O–H groups in total. The first kappa shape index (κ1) is 18.6. The highest BCUT2D eigenvalue weighted by molar-refractivity contribution is 7.89. The van der Waals surface area contributed by atoms with Gasteiger partial charge in [0.15, 0.2) is 0 Å². The highest BCUT2D eigenvalue weighted by Crippen LogP contribution is 2.12. The van der Waals surface area contributed by atoms with E-state index in [0.29, 0.717) is 31.9 Å². The van der Waals surface area contributed by atoms with Crippen LogP contribution in [0.4, 0.5) is 0 Å². The van der Waals surface area contributed by atoms with Crippen LogP contribution in [0.1, 0.15) is 21.5 Å². The summed E-state index contributed by atoms with van der Waals surface area (Å²) in [4.78, 5) is 14.4. The highest BCUT2D eigenvalue weighted by Gasteiger charge is 2.18. The minimum atomic E-state index is -3.56. The molecular formula is C19H22N2O4S. The largest absolute Gasteiger partial charge is 0.378 e. The van der Waals surface area contributed by atoms with Crippen LogP contribution in [0.15, 0.2) is 53.4 Å². The Morgan fingerprint density at radius 1 is 1.04 bits per heavy atom. The molecule has 1 heterocycles. The maximum Gasteiger partial charge on any atom is 0.254 e. The van der Waals surface area contributed by atoms with Crippen molar-refractivity contribution in [2.75, 3.05) is 26.3 Å². The smallest absolute Gasteiger partial charge is 0.254 e. The number of hydrogen-bond donors (Lipinski definition) is 1. The zero-order valence-electron chi connectivity index (χ0n) is 14.6. The summed E-state index contributed by atoms with van der Waals surface area (Å²) in [6, 6.07) is 13.7. The number of ether oxygens (including phenoxy) is 1. The Morgan fingerprint density at radius 2 is 1.65 bits per heavy atom. The lowest BCUT2D eigenvalue weighted by atomic mass is 10.1. The third kappa shape index (κ3) is 4.49. The molecule has 26 heavy (non-hydrogen) atoms. The predicted molar refractivity (Wildman–Crippen MR) is 98.4 cm³/mol. The van der Waals surface area contributed by atoms with Crippen LogP contribution in [-0.4, -0.2) is 45.5 Å². The molecule has 0 unspecified atom stereocenters. The predicted octanol–water partition coefficient (Wildman–Crippen LogP) is 1.95. The minimum absolute atomic E-state index is 0.0277. The topological polar surface area (TPSA) is 75.7 Å². The van der Waals surface area contributed by atoms with Gasteiger partial charge in [-0.3, -0.25) is 4.79 Å². The second-order valence-corrected chi connectivity index (χ2v) is 8.01. The lowest BCUT2D eigenvalue weighted by molar-refractivity contribution is 0.0303. The van der Waals surface area contributed by atoms with Crippen LogP contribution in [0.3, 0.4) is 0 Å². The molecule has 1 aliphatic heterocycles. The maximum absolute atomic E-state index is 12.4. The molecule has 1 aliphatic rings. The molecule has 0 aromatic heterocycles. The van der Waals surface area contributed by atoms with E-state index in [1.165, 1.54) is 0 Å². The second-order valence-electron chi connectivity index (χ2n) is 6.24. The van der Waals surface area contributed by atoms with Crippen LogP contribution < -0.4 is 4.72 Å². The zero-order valence-corrected chi connectivity index (χ0v) is 15.5. The van der Waals surface area contributed by atoms with E-state index in [1.807, 2.05) is 6.92 Å². The molecule has 0 saturated carbocycles. The van der Waals surface area contributed by atoms with E-state index in [9.17, 15) is 13.2 Å². The van der Waals surface area contributed by atoms with Gasteiger partial charge in [0.25, 0.3) is 5.91 Å². The third-order valence-corrected chi connectivity index (χ3v) is 5.71. The molecule has 0 aliphatic carbocycles. The fraction of sp³-hybridized carbons (Fsp3) is 0.316. The van der Waals surface area contributed by atoms with E-state index in [-0.39, 0.29) is 17.3 Å². The zero-order chi connectivity index (χ0) is 18.6. The molecule has 1 fully saturated rings. The van der Waals surface area contributed by atoms with E-state index >= 15 is 0 Å². The molecule has 3 rings (SSSR count). The number of benzene rings is 2. The minimum Gasteiger partial charge on any atom is -0.378 e. The molecule has 1 amide bonds. The van der Waals surface area contributed by atoms with Gasteiger partial charge in [0.2, 0.25) is 10.0 Å². The van der Waals surface area contributed by atoms with E-state index < -0.39 is 10.0 Å². The van der Waals surface area contributed by atoms with Crippen LogP contribution in [-0.2, 0) is 21.3 Å². The fourth-order valence-corrected chi connectivity index (χ4v) is 3.71. The molecule has 2 aromatic carbocycles. The summed E-state index contributed by atoms with van der Waals surface area (Å²) in [6.07, 6.45) is 0. The number of sulfonamides is 1. The van der Waals surface area contributed by atoms with Gasteiger partial charge in [-0.1, -0.05) is 29.8 Å². The van der Waals surface area contributed by atoms with Crippen LogP contribution in [0.25, 0.3) is 0 Å². The summed E-state index contributed by atoms with van der Waals surface area (Å²) in [5, 5.41) is 0. The second kappa shape index (κ2) is 7.99. The molecule has 7 heteroatoms. The number of aryl methyl sites for hydroxylation is 1. The molecule has 2 aromatic rings. The Hall–Kier alpha value is -2.22. The summed E-state index contributed by atoms with van der Waals surface area (Å²) >= 11 is 0. The lowest BCUT2D eigenvalue weighted by Gasteiger charge is -2.26. The lowest BCUT2D eigenvalue weighted by Crippen LogP contribution is -2.40. The fourth-order valence-electron chi connectivity index (χ4n) is 2.69. The van der Waals surface area contributed by atoms with Gasteiger partial charge in [0.1, 0.15) is 0 Å². The van der Waals surface area contributed by atoms with Crippen molar-refractivity contribution in [2.45, 2.75) is 18.4 Å². The van der Waals surface area contributed by atoms with Crippen molar-refractivity contribution < 1.29 is 17.9 Å². The first-order valence-corrected chi connectivity index (χ1v) is 9.96. The van der Waals surface area contributed by atoms with Gasteiger partial charge < -0.3 is 9.64 Å². The molecular weight excluding hydrogens is 352 g/mol. The Morgan fingerprint density at radius 3 is 2.27 bits per heavy atom. The van der Waals surface area contributed by atoms with Crippen LogP contribution in [0, 0.1) is 6.92 Å². The van der Waals surface area contributed by atoms with Crippen LogP contribution in [0.5, 0.6) is 0 Å². The SMILES string of the molecule is Cc1ccc(S(=O)(=O)NCc2ccc(C(=O)N3CCOCC3)cc2)cc1. The third-order valence-electron chi connectivity index (χ3n) is 4.30. The summed E-state index contributed by atoms with van der Waals surface area (Å²) < 4.78 is 32.5. The van der Waals surface area contributed by atoms with Gasteiger partial charge in [0.05, 0.1) is 18.1 Å². The Bertz CT molecular complexity index is 855. The number of carbonyl (C=O) groups excluding carboxylic acids is 1. The van der Waals surface area contributed by atoms with Crippen molar-refractivity contribution >= 4 is 15.9 Å². The Labute approximate surface area is 153 Å². The Kier molecular flexibility index (Phi) is 5.70. The van der Waals surface area contributed by atoms with Gasteiger partial charge >= 0.3 is 0 Å². The van der Waals surface area contributed by atoms with Gasteiger partial charge in [-0.2, -0.15) is 0 Å². The van der Waals surface area contributed by atoms with Gasteiger partial charge in [0, 0.05) is 25.2 Å². The first-order valence-electron chi connectivity index (χ1n) is 8.48. The summed E-state index contributed by atoms with van der Waals surface area (Å²) in [5.74, 6) is -0.0277. The normalized spacial score (nSPS) is 15.0. The maximum atomic E-state index is 12.4. The number of amides is 1. The average molecular weight is 374 g/mol. The van der Waals surface area contributed by atoms with E-state index in [4.69, 9.17) is 4.74 Å². The molecule has 0 bridgehead atoms. The molecule has 1 saturated heterocycles. The molecule has 6 nitrogen and oxygen atoms in total. The number of hydrogen-bond acceptors (Lipinski definition) is 4. The van der Waals surface area contributed by atoms with Gasteiger partial charge in [-0.05, 0) is 36.8 Å². The van der Waals surface area contributed by atoms with Crippen molar-refractivity contribution in [3.05, 3.63) is 65.2 Å². The van der Waals surface area contributed by atoms with Crippen LogP contribution in [0.2, 0.25) is 0 Å². The van der Waals surface area contributed by atoms with Crippen molar-refractivity contribution in [2.24, 2.45) is 0 Å². The van der Waals surface area contributed by atoms with Gasteiger partial charge in [-0.15, -0.1) is 0 Å². The molecule has 138 valence electrons. The Balaban J connectivity index is 1.62. The van der Waals surface area contributed by atoms with Crippen LogP contribution >= 0.6 is 0 Å². The summed E-state index contributed by atoms with van der Waals surface area (Å²) in [5.41, 5.74) is 2.39. The highest BCUT2D eigenvalue weighted by atomic mass is 32.2. The number of nitrogens with zero attached hydrogens (tertiary/aromatic N) is 1. The van der Waals surface area contributed by atoms with Crippen molar-refractivity contribution in [3.8, 4) is 0 Å². The number of rotatable bonds is 5. The number of morpholine rings is 1. The van der Waals surface area contributed by atoms with E-state index in [0.717, 1.165) is 11.1 Å². The monoisotopic (exact) mass is 374 g/mol. The first-order chi connectivity index (χ1) is 12.5. The number of carbonyl (C=O) groups is 1. The van der Waals surface area contributed by atoms with Crippen molar-refractivity contribution in [1.29, 1.82) is 0 Å². The van der Waals surface area contributed by atoms with E-state index in [1.54, 1.807) is 53.4 Å². The summed E-state index contributed by atoms with van der Waals surface area (Å²) in [7, 11) is -3.56. The standard InChI is InChI=1S/C19H22N2O4S/c1-15-2-8-18(9-3-15)26(23,24)20-14-16-4-6-17(7-5-16)19(22)21-10-12-25-13-11-21/h2-9,20H,10-14H2,1H3. The van der Waals surface area contributed by atoms with Gasteiger partial charge in [-0.25, -0.2) is 13.1 Å². The molecule has 0 atom stereocenters. The molecule has 0 spiro atoms. The van der Waals surface area contributed by atoms with E-state index in [2.05, 4.69) is 4.72 Å². The molecule has 0 radical (unpaired) electrons. The quantitative estimate of drug-likeness (QED) is 0.868. The van der Waals surface area contributed by atoms with Crippen molar-refractivity contribution in [3.63, 3.8) is 0 Å². The number of nitrogens with one attached hydrogen (secondary N) is 1. The summed E-state index contributed by atoms with van der Waals surface area (Å²) in [6.45, 7) is 4.38. The van der Waals surface area contributed by atoms with Crippen molar-refractivity contribution in [1.82, 2.24) is 9.62 Å².